The Bertz CT molecular complexity index is 891. The zero-order chi connectivity index (χ0) is 15.5. The van der Waals surface area contributed by atoms with Crippen molar-refractivity contribution in [2.75, 3.05) is 0 Å². The second-order valence-electron chi connectivity index (χ2n) is 4.70. The van der Waals surface area contributed by atoms with Crippen molar-refractivity contribution in [1.29, 1.82) is 0 Å². The van der Waals surface area contributed by atoms with Crippen LogP contribution in [-0.2, 0) is 4.79 Å². The lowest BCUT2D eigenvalue weighted by Gasteiger charge is -2.09. The van der Waals surface area contributed by atoms with Gasteiger partial charge in [-0.25, -0.2) is 5.10 Å². The minimum Gasteiger partial charge on any atom is -0.464 e. The highest BCUT2D eigenvalue weighted by atomic mass is 16.5. The minimum atomic E-state index is -0.281. The van der Waals surface area contributed by atoms with Crippen LogP contribution in [0.1, 0.15) is 12.6 Å². The molecule has 2 heterocycles. The van der Waals surface area contributed by atoms with Crippen molar-refractivity contribution in [2.24, 2.45) is 0 Å². The van der Waals surface area contributed by atoms with Gasteiger partial charge in [-0.15, -0.1) is 0 Å². The third-order valence-corrected chi connectivity index (χ3v) is 3.10. The Morgan fingerprint density at radius 1 is 1.32 bits per heavy atom. The van der Waals surface area contributed by atoms with Crippen molar-refractivity contribution >= 4 is 22.8 Å². The lowest BCUT2D eigenvalue weighted by Crippen LogP contribution is -2.17. The average molecular weight is 295 g/mol. The summed E-state index contributed by atoms with van der Waals surface area (Å²) >= 11 is 0. The molecule has 1 amide bonds. The van der Waals surface area contributed by atoms with Gasteiger partial charge in [-0.2, -0.15) is 5.10 Å². The molecule has 0 spiro atoms. The van der Waals surface area contributed by atoms with Crippen LogP contribution >= 0.6 is 0 Å². The molecule has 0 saturated carbocycles. The van der Waals surface area contributed by atoms with Crippen LogP contribution in [0.5, 0.6) is 5.75 Å². The van der Waals surface area contributed by atoms with E-state index in [0.717, 1.165) is 0 Å². The summed E-state index contributed by atoms with van der Waals surface area (Å²) < 4.78 is 5.58. The first kappa shape index (κ1) is 13.8. The largest absolute Gasteiger partial charge is 0.464 e. The third kappa shape index (κ3) is 2.67. The molecular weight excluding hydrogens is 282 g/mol. The van der Waals surface area contributed by atoms with E-state index in [0.29, 0.717) is 27.9 Å². The van der Waals surface area contributed by atoms with Crippen LogP contribution in [0.25, 0.3) is 16.8 Å². The first-order valence-electron chi connectivity index (χ1n) is 6.66. The molecule has 0 aliphatic carbocycles. The van der Waals surface area contributed by atoms with E-state index < -0.39 is 0 Å². The van der Waals surface area contributed by atoms with Crippen molar-refractivity contribution in [3.05, 3.63) is 64.4 Å². The lowest BCUT2D eigenvalue weighted by molar-refractivity contribution is -0.118. The smallest absolute Gasteiger partial charge is 0.272 e. The Hall–Kier alpha value is -3.15. The molecule has 1 aromatic heterocycles. The van der Waals surface area contributed by atoms with Crippen molar-refractivity contribution in [2.45, 2.75) is 6.92 Å². The molecule has 110 valence electrons. The Labute approximate surface area is 125 Å². The number of ether oxygens (including phenoxy) is 1. The molecule has 2 N–H and O–H groups in total. The molecule has 6 nitrogen and oxygen atoms in total. The van der Waals surface area contributed by atoms with Gasteiger partial charge in [0, 0.05) is 12.6 Å². The highest BCUT2D eigenvalue weighted by Gasteiger charge is 2.10. The number of carbonyl (C=O) groups excluding carboxylic acids is 1. The summed E-state index contributed by atoms with van der Waals surface area (Å²) in [6.07, 6.45) is 8.29. The van der Waals surface area contributed by atoms with Crippen LogP contribution in [-0.4, -0.2) is 16.1 Å². The first-order chi connectivity index (χ1) is 10.6. The number of hydrogen-bond acceptors (Lipinski definition) is 4. The molecule has 3 rings (SSSR count). The van der Waals surface area contributed by atoms with Crippen molar-refractivity contribution in [3.63, 3.8) is 0 Å². The number of hydrogen-bond donors (Lipinski definition) is 2. The molecule has 0 fully saturated rings. The van der Waals surface area contributed by atoms with Gasteiger partial charge in [0.15, 0.2) is 0 Å². The number of H-pyrrole nitrogens is 1. The zero-order valence-corrected chi connectivity index (χ0v) is 11.8. The fourth-order valence-electron chi connectivity index (χ4n) is 2.20. The van der Waals surface area contributed by atoms with Gasteiger partial charge in [-0.05, 0) is 36.4 Å². The van der Waals surface area contributed by atoms with Crippen LogP contribution < -0.4 is 15.6 Å². The SMILES string of the molecule is CC(=O)NC1=C/C=C/Oc2cccc3c(=O)[nH]nc(c23)\C=C\1. The van der Waals surface area contributed by atoms with Gasteiger partial charge in [0.05, 0.1) is 22.7 Å². The fraction of sp³-hybridized carbons (Fsp3) is 0.0625. The first-order valence-corrected chi connectivity index (χ1v) is 6.66. The summed E-state index contributed by atoms with van der Waals surface area (Å²) in [7, 11) is 0. The van der Waals surface area contributed by atoms with Gasteiger partial charge >= 0.3 is 0 Å². The molecule has 1 aliphatic rings. The van der Waals surface area contributed by atoms with Gasteiger partial charge in [0.25, 0.3) is 5.56 Å². The van der Waals surface area contributed by atoms with Gasteiger partial charge in [0.1, 0.15) is 5.75 Å². The Morgan fingerprint density at radius 2 is 2.18 bits per heavy atom. The fourth-order valence-corrected chi connectivity index (χ4v) is 2.20. The summed E-state index contributed by atoms with van der Waals surface area (Å²) in [6, 6.07) is 5.23. The number of amides is 1. The van der Waals surface area contributed by atoms with Gasteiger partial charge < -0.3 is 10.1 Å². The van der Waals surface area contributed by atoms with E-state index in [1.807, 2.05) is 0 Å². The topological polar surface area (TPSA) is 84.1 Å². The number of rotatable bonds is 1. The van der Waals surface area contributed by atoms with E-state index in [1.165, 1.54) is 13.2 Å². The minimum absolute atomic E-state index is 0.178. The molecule has 2 aromatic rings. The van der Waals surface area contributed by atoms with Crippen LogP contribution in [0.3, 0.4) is 0 Å². The maximum absolute atomic E-state index is 11.9. The second kappa shape index (κ2) is 5.69. The molecular formula is C16H13N3O3. The van der Waals surface area contributed by atoms with Crippen LogP contribution in [0.15, 0.2) is 53.2 Å². The number of aromatic amines is 1. The number of nitrogens with zero attached hydrogens (tertiary/aromatic N) is 1. The molecule has 0 unspecified atom stereocenters. The molecule has 1 aromatic carbocycles. The maximum atomic E-state index is 11.9. The average Bonchev–Trinajstić information content (AvgIpc) is 2.50. The summed E-state index contributed by atoms with van der Waals surface area (Å²) in [5, 5.41) is 10.3. The van der Waals surface area contributed by atoms with Crippen molar-refractivity contribution in [3.8, 4) is 5.75 Å². The highest BCUT2D eigenvalue weighted by molar-refractivity contribution is 5.93. The Kier molecular flexibility index (Phi) is 3.57. The summed E-state index contributed by atoms with van der Waals surface area (Å²) in [4.78, 5) is 23.1. The summed E-state index contributed by atoms with van der Waals surface area (Å²) in [6.45, 7) is 1.43. The van der Waals surface area contributed by atoms with E-state index in [2.05, 4.69) is 15.5 Å². The van der Waals surface area contributed by atoms with Gasteiger partial charge in [-0.1, -0.05) is 6.07 Å². The summed E-state index contributed by atoms with van der Waals surface area (Å²) in [5.74, 6) is 0.366. The normalized spacial score (nSPS) is 18.7. The molecule has 0 bridgehead atoms. The van der Waals surface area contributed by atoms with Gasteiger partial charge in [-0.3, -0.25) is 9.59 Å². The maximum Gasteiger partial charge on any atom is 0.272 e. The monoisotopic (exact) mass is 295 g/mol. The predicted octanol–water partition coefficient (Wildman–Crippen LogP) is 1.86. The molecule has 1 aliphatic heterocycles. The predicted molar refractivity (Wildman–Crippen MR) is 83.1 cm³/mol. The molecule has 0 saturated heterocycles. The van der Waals surface area contributed by atoms with Gasteiger partial charge in [0.2, 0.25) is 5.91 Å². The molecule has 0 atom stereocenters. The van der Waals surface area contributed by atoms with E-state index in [9.17, 15) is 9.59 Å². The standard InChI is InChI=1S/C16H13N3O3/c1-10(20)17-11-4-3-9-22-14-6-2-5-12-15(14)13(8-7-11)18-19-16(12)21/h2-9H,1H3,(H,17,20)(H,19,21)/b8-7+,9-3+,11-4+. The molecule has 22 heavy (non-hydrogen) atoms. The number of carbonyl (C=O) groups is 1. The van der Waals surface area contributed by atoms with Crippen molar-refractivity contribution in [1.82, 2.24) is 15.5 Å². The number of allylic oxidation sites excluding steroid dienone is 3. The van der Waals surface area contributed by atoms with E-state index in [1.54, 1.807) is 42.5 Å². The number of aromatic nitrogens is 2. The van der Waals surface area contributed by atoms with Crippen LogP contribution in [0, 0.1) is 0 Å². The molecule has 6 heteroatoms. The lowest BCUT2D eigenvalue weighted by atomic mass is 10.1. The van der Waals surface area contributed by atoms with Crippen LogP contribution in [0.4, 0.5) is 0 Å². The van der Waals surface area contributed by atoms with E-state index in [-0.39, 0.29) is 11.5 Å². The summed E-state index contributed by atoms with van der Waals surface area (Å²) in [5.41, 5.74) is 0.862. The zero-order valence-electron chi connectivity index (χ0n) is 11.8. The second-order valence-corrected chi connectivity index (χ2v) is 4.70. The number of benzene rings is 1. The number of nitrogens with one attached hydrogen (secondary N) is 2. The van der Waals surface area contributed by atoms with Crippen LogP contribution in [0.2, 0.25) is 0 Å². The molecule has 0 radical (unpaired) electrons. The van der Waals surface area contributed by atoms with Crippen molar-refractivity contribution < 1.29 is 9.53 Å². The highest BCUT2D eigenvalue weighted by Crippen LogP contribution is 2.27. The van der Waals surface area contributed by atoms with E-state index >= 15 is 0 Å². The van der Waals surface area contributed by atoms with E-state index in [4.69, 9.17) is 4.74 Å². The Balaban J connectivity index is 2.20. The third-order valence-electron chi connectivity index (χ3n) is 3.10. The quantitative estimate of drug-likeness (QED) is 0.841. The Morgan fingerprint density at radius 3 is 3.00 bits per heavy atom.